The van der Waals surface area contributed by atoms with Gasteiger partial charge in [-0.3, -0.25) is 4.57 Å². The highest BCUT2D eigenvalue weighted by atomic mass is 31.2. The molecule has 4 N–H and O–H groups in total. The van der Waals surface area contributed by atoms with E-state index < -0.39 is 7.72 Å². The maximum atomic E-state index is 12.5. The van der Waals surface area contributed by atoms with Gasteiger partial charge in [0.15, 0.2) is 11.5 Å². The van der Waals surface area contributed by atoms with Crippen molar-refractivity contribution in [2.75, 3.05) is 26.1 Å². The number of hydrogen-bond donors (Lipinski definition) is 3. The Bertz CT molecular complexity index is 1050. The van der Waals surface area contributed by atoms with Gasteiger partial charge in [-0.1, -0.05) is 37.6 Å². The van der Waals surface area contributed by atoms with Gasteiger partial charge >= 0.3 is 11.7 Å². The number of nitrogen functional groups attached to an aromatic ring is 1. The number of hydrogen-bond acceptors (Lipinski definition) is 7. The minimum absolute atomic E-state index is 0.158. The maximum Gasteiger partial charge on any atom is 0.328 e. The predicted octanol–water partition coefficient (Wildman–Crippen LogP) is 2.55. The fourth-order valence-electron chi connectivity index (χ4n) is 2.96. The normalized spacial score (nSPS) is 13.5. The third kappa shape index (κ3) is 5.12. The molecule has 9 nitrogen and oxygen atoms in total. The minimum Gasteiger partial charge on any atom is -0.463 e. The lowest BCUT2D eigenvalue weighted by Crippen LogP contribution is -2.18. The topological polar surface area (TPSA) is 128 Å². The Balaban J connectivity index is 1.92. The zero-order valence-corrected chi connectivity index (χ0v) is 17.8. The summed E-state index contributed by atoms with van der Waals surface area (Å²) in [6, 6.07) is 7.84. The van der Waals surface area contributed by atoms with E-state index in [2.05, 4.69) is 21.9 Å². The van der Waals surface area contributed by atoms with Gasteiger partial charge in [0.2, 0.25) is 0 Å². The molecule has 0 aliphatic heterocycles. The number of benzene rings is 1. The van der Waals surface area contributed by atoms with Gasteiger partial charge in [0.25, 0.3) is 7.72 Å². The van der Waals surface area contributed by atoms with Gasteiger partial charge < -0.3 is 15.5 Å². The van der Waals surface area contributed by atoms with Crippen molar-refractivity contribution in [2.24, 2.45) is 0 Å². The second-order valence-electron chi connectivity index (χ2n) is 7.02. The van der Waals surface area contributed by atoms with Crippen LogP contribution < -0.4 is 16.2 Å². The van der Waals surface area contributed by atoms with Crippen LogP contribution in [0.2, 0.25) is 0 Å². The molecule has 0 aliphatic carbocycles. The van der Waals surface area contributed by atoms with Gasteiger partial charge in [0, 0.05) is 0 Å². The fourth-order valence-corrected chi connectivity index (χ4v) is 3.97. The fraction of sp³-hybridized carbons (Fsp3) is 0.421. The Morgan fingerprint density at radius 3 is 2.79 bits per heavy atom. The monoisotopic (exact) mass is 420 g/mol. The van der Waals surface area contributed by atoms with Crippen molar-refractivity contribution in [3.63, 3.8) is 0 Å². The Hall–Kier alpha value is -2.48. The van der Waals surface area contributed by atoms with E-state index in [4.69, 9.17) is 15.0 Å². The molecule has 0 saturated heterocycles. The zero-order chi connectivity index (χ0) is 21.0. The van der Waals surface area contributed by atoms with Crippen LogP contribution >= 0.6 is 7.72 Å². The number of anilines is 1. The van der Waals surface area contributed by atoms with Crippen LogP contribution in [-0.4, -0.2) is 44.8 Å². The highest BCUT2D eigenvalue weighted by molar-refractivity contribution is 7.63. The number of rotatable bonds is 9. The lowest BCUT2D eigenvalue weighted by Gasteiger charge is -2.12. The van der Waals surface area contributed by atoms with Gasteiger partial charge in [-0.15, -0.1) is 0 Å². The molecule has 1 atom stereocenters. The van der Waals surface area contributed by atoms with Gasteiger partial charge in [-0.2, -0.15) is 9.97 Å². The number of imidazole rings is 1. The first-order chi connectivity index (χ1) is 13.8. The van der Waals surface area contributed by atoms with Crippen molar-refractivity contribution >= 4 is 24.7 Å². The Morgan fingerprint density at radius 2 is 2.07 bits per heavy atom. The zero-order valence-electron chi connectivity index (χ0n) is 16.9. The summed E-state index contributed by atoms with van der Waals surface area (Å²) >= 11 is 0. The van der Waals surface area contributed by atoms with Gasteiger partial charge in [0.1, 0.15) is 18.3 Å². The number of nitrogens with two attached hydrogens (primary N) is 1. The first kappa shape index (κ1) is 21.2. The standard InChI is InChI=1S/C19H26N5O4P/c1-4-5-9-28-18-22-16(20)15-17(23-18)24(19(25)21-15)11-13-7-6-8-14(10-13)12-29(3,26)27-2/h6-8,10,26H,4-5,9,11-12H2,1-3H3,(H2-,20,21,22,23,25)/p+1. The largest absolute Gasteiger partial charge is 0.463 e. The van der Waals surface area contributed by atoms with E-state index in [1.54, 1.807) is 6.66 Å². The SMILES string of the molecule is CCCCOc1nc(N)c2[nH]c(=O)n(Cc3cccc(C[P+](C)(O)OC)c3)c2n1. The third-order valence-corrected chi connectivity index (χ3v) is 6.30. The molecule has 0 fully saturated rings. The van der Waals surface area contributed by atoms with Crippen LogP contribution in [-0.2, 0) is 17.2 Å². The molecule has 2 heterocycles. The summed E-state index contributed by atoms with van der Waals surface area (Å²) in [5, 5.41) is 0. The van der Waals surface area contributed by atoms with Crippen molar-refractivity contribution in [1.82, 2.24) is 19.5 Å². The average Bonchev–Trinajstić information content (AvgIpc) is 2.98. The lowest BCUT2D eigenvalue weighted by atomic mass is 10.1. The molecular formula is C19H27N5O4P+. The number of aromatic amines is 1. The second-order valence-corrected chi connectivity index (χ2v) is 9.80. The van der Waals surface area contributed by atoms with Crippen LogP contribution in [0.25, 0.3) is 11.2 Å². The van der Waals surface area contributed by atoms with Crippen LogP contribution in [0.5, 0.6) is 6.01 Å². The molecule has 0 amide bonds. The van der Waals surface area contributed by atoms with Crippen molar-refractivity contribution < 1.29 is 14.2 Å². The highest BCUT2D eigenvalue weighted by Gasteiger charge is 2.29. The first-order valence-electron chi connectivity index (χ1n) is 9.43. The molecule has 0 aliphatic rings. The molecule has 2 aromatic heterocycles. The van der Waals surface area contributed by atoms with Crippen LogP contribution in [0.4, 0.5) is 5.82 Å². The molecule has 3 aromatic rings. The van der Waals surface area contributed by atoms with E-state index in [1.165, 1.54) is 11.7 Å². The smallest absolute Gasteiger partial charge is 0.328 e. The summed E-state index contributed by atoms with van der Waals surface area (Å²) in [5.74, 6) is 0.173. The van der Waals surface area contributed by atoms with Crippen LogP contribution in [0, 0.1) is 0 Å². The van der Waals surface area contributed by atoms with E-state index in [0.29, 0.717) is 30.5 Å². The molecule has 0 spiro atoms. The number of nitrogens with zero attached hydrogens (tertiary/aromatic N) is 3. The Kier molecular flexibility index (Phi) is 6.52. The summed E-state index contributed by atoms with van der Waals surface area (Å²) in [6.07, 6.45) is 2.30. The highest BCUT2D eigenvalue weighted by Crippen LogP contribution is 2.53. The Morgan fingerprint density at radius 1 is 1.31 bits per heavy atom. The summed E-state index contributed by atoms with van der Waals surface area (Å²) in [6.45, 7) is 4.56. The van der Waals surface area contributed by atoms with E-state index in [0.717, 1.165) is 24.0 Å². The molecule has 1 unspecified atom stereocenters. The van der Waals surface area contributed by atoms with Gasteiger partial charge in [0.05, 0.1) is 20.3 Å². The first-order valence-corrected chi connectivity index (χ1v) is 11.7. The summed E-state index contributed by atoms with van der Waals surface area (Å²) < 4.78 is 12.3. The van der Waals surface area contributed by atoms with Crippen LogP contribution in [0.3, 0.4) is 0 Å². The number of H-pyrrole nitrogens is 1. The second kappa shape index (κ2) is 8.90. The van der Waals surface area contributed by atoms with Crippen molar-refractivity contribution in [2.45, 2.75) is 32.5 Å². The lowest BCUT2D eigenvalue weighted by molar-refractivity contribution is 0.286. The number of nitrogens with one attached hydrogen (secondary N) is 1. The van der Waals surface area contributed by atoms with Gasteiger partial charge in [-0.05, 0) is 17.5 Å². The van der Waals surface area contributed by atoms with Crippen LogP contribution in [0.15, 0.2) is 29.1 Å². The molecule has 0 bridgehead atoms. The maximum absolute atomic E-state index is 12.5. The van der Waals surface area contributed by atoms with E-state index in [-0.39, 0.29) is 17.5 Å². The van der Waals surface area contributed by atoms with Crippen molar-refractivity contribution in [3.8, 4) is 6.01 Å². The number of fused-ring (bicyclic) bond motifs is 1. The number of ether oxygens (including phenoxy) is 1. The van der Waals surface area contributed by atoms with Crippen LogP contribution in [0.1, 0.15) is 30.9 Å². The average molecular weight is 420 g/mol. The third-order valence-electron chi connectivity index (χ3n) is 4.56. The molecule has 10 heteroatoms. The van der Waals surface area contributed by atoms with Crippen molar-refractivity contribution in [1.29, 1.82) is 0 Å². The van der Waals surface area contributed by atoms with E-state index >= 15 is 0 Å². The molecule has 29 heavy (non-hydrogen) atoms. The molecule has 3 rings (SSSR count). The summed E-state index contributed by atoms with van der Waals surface area (Å²) in [7, 11) is -0.932. The van der Waals surface area contributed by atoms with Crippen molar-refractivity contribution in [3.05, 3.63) is 45.9 Å². The number of aromatic nitrogens is 4. The van der Waals surface area contributed by atoms with E-state index in [1.807, 2.05) is 24.3 Å². The van der Waals surface area contributed by atoms with Gasteiger partial charge in [-0.25, -0.2) is 14.2 Å². The van der Waals surface area contributed by atoms with E-state index in [9.17, 15) is 9.69 Å². The quantitative estimate of drug-likeness (QED) is 0.358. The summed E-state index contributed by atoms with van der Waals surface area (Å²) in [4.78, 5) is 34.0. The number of unbranched alkanes of at least 4 members (excludes halogenated alkanes) is 1. The minimum atomic E-state index is -2.44. The predicted molar refractivity (Wildman–Crippen MR) is 114 cm³/mol. The molecular weight excluding hydrogens is 393 g/mol. The molecule has 0 radical (unpaired) electrons. The molecule has 0 saturated carbocycles. The molecule has 1 aromatic carbocycles. The Labute approximate surface area is 169 Å². The molecule has 156 valence electrons. The summed E-state index contributed by atoms with van der Waals surface area (Å²) in [5.41, 5.74) is 8.29.